The largest absolute Gasteiger partial charge is 0.304 e. The third-order valence-electron chi connectivity index (χ3n) is 3.31. The van der Waals surface area contributed by atoms with Gasteiger partial charge in [-0.05, 0) is 31.4 Å². The summed E-state index contributed by atoms with van der Waals surface area (Å²) in [5.41, 5.74) is 1.26. The van der Waals surface area contributed by atoms with Crippen molar-refractivity contribution in [3.05, 3.63) is 41.6 Å². The smallest absolute Gasteiger partial charge is 0.237 e. The number of nitrogens with one attached hydrogen (secondary N) is 1. The highest BCUT2D eigenvalue weighted by Gasteiger charge is 2.36. The van der Waals surface area contributed by atoms with Gasteiger partial charge in [-0.15, -0.1) is 0 Å². The van der Waals surface area contributed by atoms with Gasteiger partial charge in [0.15, 0.2) is 5.17 Å². The van der Waals surface area contributed by atoms with E-state index in [1.54, 1.807) is 11.8 Å². The van der Waals surface area contributed by atoms with Crippen molar-refractivity contribution in [1.29, 1.82) is 0 Å². The number of hydrogen-bond acceptors (Lipinski definition) is 3. The minimum absolute atomic E-state index is 0.00550. The minimum Gasteiger partial charge on any atom is -0.304 e. The quantitative estimate of drug-likeness (QED) is 0.919. The zero-order valence-corrected chi connectivity index (χ0v) is 13.8. The van der Waals surface area contributed by atoms with Crippen molar-refractivity contribution < 1.29 is 4.79 Å². The highest BCUT2D eigenvalue weighted by molar-refractivity contribution is 8.13. The summed E-state index contributed by atoms with van der Waals surface area (Å²) in [6, 6.07) is 9.99. The van der Waals surface area contributed by atoms with E-state index < -0.39 is 5.41 Å². The molecule has 21 heavy (non-hydrogen) atoms. The lowest BCUT2D eigenvalue weighted by molar-refractivity contribution is -0.126. The fraction of sp³-hybridized carbons (Fsp3) is 0.412. The normalized spacial score (nSPS) is 19.6. The summed E-state index contributed by atoms with van der Waals surface area (Å²) >= 11 is 1.60. The molecule has 0 saturated carbocycles. The summed E-state index contributed by atoms with van der Waals surface area (Å²) in [4.78, 5) is 17.0. The molecule has 0 aromatic heterocycles. The molecular formula is C17H22N2OS. The molecule has 4 heteroatoms. The maximum absolute atomic E-state index is 12.3. The van der Waals surface area contributed by atoms with Gasteiger partial charge in [-0.3, -0.25) is 4.79 Å². The van der Waals surface area contributed by atoms with Crippen molar-refractivity contribution in [2.24, 2.45) is 16.3 Å². The van der Waals surface area contributed by atoms with Crippen LogP contribution in [-0.4, -0.2) is 16.8 Å². The van der Waals surface area contributed by atoms with Crippen LogP contribution in [0.15, 0.2) is 41.0 Å². The zero-order chi connectivity index (χ0) is 15.5. The fourth-order valence-corrected chi connectivity index (χ4v) is 2.70. The van der Waals surface area contributed by atoms with Crippen molar-refractivity contribution in [3.8, 4) is 0 Å². The monoisotopic (exact) mass is 302 g/mol. The molecule has 1 N–H and O–H groups in total. The first kappa shape index (κ1) is 15.8. The van der Waals surface area contributed by atoms with Gasteiger partial charge in [0.25, 0.3) is 0 Å². The van der Waals surface area contributed by atoms with E-state index in [4.69, 9.17) is 0 Å². The lowest BCUT2D eigenvalue weighted by atomic mass is 9.86. The van der Waals surface area contributed by atoms with Crippen LogP contribution in [0.1, 0.15) is 33.3 Å². The van der Waals surface area contributed by atoms with E-state index in [1.807, 2.05) is 50.3 Å². The number of amides is 1. The molecule has 0 aliphatic carbocycles. The molecule has 1 aromatic rings. The third-order valence-corrected chi connectivity index (χ3v) is 4.61. The second-order valence-electron chi connectivity index (χ2n) is 6.14. The van der Waals surface area contributed by atoms with E-state index in [-0.39, 0.29) is 5.91 Å². The van der Waals surface area contributed by atoms with E-state index in [2.05, 4.69) is 24.2 Å². The molecule has 1 aliphatic rings. The number of thioether (sulfide) groups is 1. The number of aliphatic imine (C=N–C) groups is 1. The maximum Gasteiger partial charge on any atom is 0.237 e. The number of carbonyl (C=O) groups excluding carboxylic acids is 1. The van der Waals surface area contributed by atoms with E-state index in [9.17, 15) is 4.79 Å². The number of benzene rings is 1. The summed E-state index contributed by atoms with van der Waals surface area (Å²) in [6.45, 7) is 8.13. The molecule has 1 heterocycles. The van der Waals surface area contributed by atoms with Gasteiger partial charge in [0.1, 0.15) is 0 Å². The molecule has 0 atom stereocenters. The van der Waals surface area contributed by atoms with Crippen molar-refractivity contribution >= 4 is 28.9 Å². The van der Waals surface area contributed by atoms with Crippen LogP contribution in [-0.2, 0) is 4.79 Å². The molecular weight excluding hydrogens is 280 g/mol. The molecule has 112 valence electrons. The Labute approximate surface area is 130 Å². The number of amidine groups is 1. The van der Waals surface area contributed by atoms with E-state index in [0.717, 1.165) is 17.0 Å². The Balaban J connectivity index is 2.32. The first-order valence-electron chi connectivity index (χ1n) is 7.20. The molecule has 1 aliphatic heterocycles. The summed E-state index contributed by atoms with van der Waals surface area (Å²) in [5.74, 6) is 1.51. The molecule has 0 saturated heterocycles. The maximum atomic E-state index is 12.3. The molecule has 0 bridgehead atoms. The van der Waals surface area contributed by atoms with Crippen LogP contribution in [0.2, 0.25) is 0 Å². The predicted octanol–water partition coefficient (Wildman–Crippen LogP) is 3.93. The molecule has 2 rings (SSSR count). The van der Waals surface area contributed by atoms with Crippen LogP contribution in [0.3, 0.4) is 0 Å². The molecule has 0 radical (unpaired) electrons. The average Bonchev–Trinajstić information content (AvgIpc) is 2.43. The number of hydrogen-bond donors (Lipinski definition) is 1. The summed E-state index contributed by atoms with van der Waals surface area (Å²) in [5, 5.41) is 3.61. The van der Waals surface area contributed by atoms with Crippen molar-refractivity contribution in [1.82, 2.24) is 5.32 Å². The molecule has 0 spiro atoms. The second-order valence-corrected chi connectivity index (χ2v) is 7.15. The summed E-state index contributed by atoms with van der Waals surface area (Å²) in [6.07, 6.45) is 1.99. The summed E-state index contributed by atoms with van der Waals surface area (Å²) in [7, 11) is 0. The fourth-order valence-electron chi connectivity index (χ4n) is 1.88. The lowest BCUT2D eigenvalue weighted by Gasteiger charge is -2.29. The minimum atomic E-state index is -0.613. The van der Waals surface area contributed by atoms with Crippen LogP contribution < -0.4 is 5.32 Å². The van der Waals surface area contributed by atoms with Crippen LogP contribution in [0.25, 0.3) is 6.08 Å². The van der Waals surface area contributed by atoms with Gasteiger partial charge in [0.2, 0.25) is 5.91 Å². The van der Waals surface area contributed by atoms with Gasteiger partial charge in [0, 0.05) is 5.75 Å². The number of carbonyl (C=O) groups is 1. The van der Waals surface area contributed by atoms with Crippen LogP contribution in [0.5, 0.6) is 0 Å². The molecule has 1 aromatic carbocycles. The van der Waals surface area contributed by atoms with E-state index >= 15 is 0 Å². The van der Waals surface area contributed by atoms with Crippen LogP contribution >= 0.6 is 11.8 Å². The van der Waals surface area contributed by atoms with Crippen molar-refractivity contribution in [2.45, 2.75) is 27.7 Å². The highest BCUT2D eigenvalue weighted by atomic mass is 32.2. The summed E-state index contributed by atoms with van der Waals surface area (Å²) < 4.78 is 0. The average molecular weight is 302 g/mol. The Morgan fingerprint density at radius 1 is 1.29 bits per heavy atom. The van der Waals surface area contributed by atoms with Crippen LogP contribution in [0, 0.1) is 11.3 Å². The lowest BCUT2D eigenvalue weighted by Crippen LogP contribution is -2.44. The molecule has 0 fully saturated rings. The third kappa shape index (κ3) is 3.97. The molecule has 3 nitrogen and oxygen atoms in total. The standard InChI is InChI=1S/C17H22N2OS/c1-12(2)11-21-16-18-14(17(3,4)15(20)19-16)10-13-8-6-5-7-9-13/h5-10,12H,11H2,1-4H3,(H,18,19,20). The Kier molecular flexibility index (Phi) is 4.88. The Hall–Kier alpha value is -1.55. The number of rotatable bonds is 3. The molecule has 1 amide bonds. The first-order chi connectivity index (χ1) is 9.89. The Morgan fingerprint density at radius 2 is 1.95 bits per heavy atom. The highest BCUT2D eigenvalue weighted by Crippen LogP contribution is 2.33. The molecule has 0 unspecified atom stereocenters. The Bertz CT molecular complexity index is 574. The van der Waals surface area contributed by atoms with Gasteiger partial charge in [0.05, 0.1) is 11.1 Å². The van der Waals surface area contributed by atoms with Gasteiger partial charge in [-0.1, -0.05) is 55.9 Å². The van der Waals surface area contributed by atoms with Crippen LogP contribution in [0.4, 0.5) is 0 Å². The Morgan fingerprint density at radius 3 is 2.57 bits per heavy atom. The van der Waals surface area contributed by atoms with Gasteiger partial charge in [-0.2, -0.15) is 0 Å². The van der Waals surface area contributed by atoms with Crippen molar-refractivity contribution in [3.63, 3.8) is 0 Å². The van der Waals surface area contributed by atoms with Gasteiger partial charge in [-0.25, -0.2) is 4.99 Å². The zero-order valence-electron chi connectivity index (χ0n) is 13.0. The second kappa shape index (κ2) is 6.48. The topological polar surface area (TPSA) is 41.5 Å². The van der Waals surface area contributed by atoms with Crippen molar-refractivity contribution in [2.75, 3.05) is 5.75 Å². The predicted molar refractivity (Wildman–Crippen MR) is 91.1 cm³/mol. The van der Waals surface area contributed by atoms with Gasteiger partial charge < -0.3 is 5.32 Å². The number of nitrogens with zero attached hydrogens (tertiary/aromatic N) is 1. The first-order valence-corrected chi connectivity index (χ1v) is 8.18. The van der Waals surface area contributed by atoms with E-state index in [1.165, 1.54) is 0 Å². The van der Waals surface area contributed by atoms with Gasteiger partial charge >= 0.3 is 0 Å². The van der Waals surface area contributed by atoms with E-state index in [0.29, 0.717) is 11.1 Å². The SMILES string of the molecule is CC(C)CSC1=NC(=Cc2ccccc2)C(C)(C)C(=O)N1.